The highest BCUT2D eigenvalue weighted by Gasteiger charge is 2.28. The summed E-state index contributed by atoms with van der Waals surface area (Å²) in [6, 6.07) is 11.4. The molecule has 0 bridgehead atoms. The highest BCUT2D eigenvalue weighted by molar-refractivity contribution is 5.95. The molecule has 0 unspecified atom stereocenters. The zero-order valence-electron chi connectivity index (χ0n) is 16.5. The van der Waals surface area contributed by atoms with E-state index in [1.807, 2.05) is 18.2 Å². The van der Waals surface area contributed by atoms with Crippen LogP contribution in [0.2, 0.25) is 0 Å². The van der Waals surface area contributed by atoms with Gasteiger partial charge in [0.05, 0.1) is 24.7 Å². The average Bonchev–Trinajstić information content (AvgIpc) is 3.24. The van der Waals surface area contributed by atoms with E-state index < -0.39 is 22.7 Å². The molecule has 1 aromatic heterocycles. The van der Waals surface area contributed by atoms with Crippen molar-refractivity contribution in [1.29, 1.82) is 0 Å². The molecule has 30 heavy (non-hydrogen) atoms. The zero-order valence-corrected chi connectivity index (χ0v) is 16.5. The van der Waals surface area contributed by atoms with Gasteiger partial charge in [-0.1, -0.05) is 18.2 Å². The Bertz CT molecular complexity index is 1050. The van der Waals surface area contributed by atoms with Crippen LogP contribution in [-0.2, 0) is 4.74 Å². The Hall–Kier alpha value is -3.95. The van der Waals surface area contributed by atoms with Crippen LogP contribution in [0.3, 0.4) is 0 Å². The molecular weight excluding hydrogens is 394 g/mol. The fraction of sp³-hybridized carbons (Fsp3) is 0.250. The Morgan fingerprint density at radius 3 is 2.57 bits per heavy atom. The minimum atomic E-state index is -0.935. The van der Waals surface area contributed by atoms with Gasteiger partial charge in [-0.2, -0.15) is 0 Å². The van der Waals surface area contributed by atoms with E-state index in [9.17, 15) is 14.9 Å². The molecule has 0 spiro atoms. The Morgan fingerprint density at radius 1 is 1.20 bits per heavy atom. The third kappa shape index (κ3) is 4.37. The number of nitro groups is 1. The highest BCUT2D eigenvalue weighted by atomic mass is 16.6. The van der Waals surface area contributed by atoms with E-state index in [0.29, 0.717) is 5.56 Å². The quantitative estimate of drug-likeness (QED) is 0.306. The molecular formula is C20H19N3O7. The molecule has 0 aliphatic carbocycles. The summed E-state index contributed by atoms with van der Waals surface area (Å²) in [6.45, 7) is 3.52. The molecule has 0 fully saturated rings. The first-order valence-corrected chi connectivity index (χ1v) is 9.03. The van der Waals surface area contributed by atoms with Crippen LogP contribution in [0.15, 0.2) is 46.9 Å². The summed E-state index contributed by atoms with van der Waals surface area (Å²) in [4.78, 5) is 23.4. The van der Waals surface area contributed by atoms with Crippen molar-refractivity contribution >= 4 is 11.7 Å². The number of hydrogen-bond acceptors (Lipinski definition) is 9. The standard InChI is InChI=1S/C20H19N3O7/c1-4-28-17-11-15(23(25)26)14(10-16(17)27-3)20(24)29-12(2)18-21-22-19(30-18)13-8-6-5-7-9-13/h5-12H,4H2,1-3H3/t12-/m1/s1. The molecule has 10 nitrogen and oxygen atoms in total. The summed E-state index contributed by atoms with van der Waals surface area (Å²) in [5.41, 5.74) is -0.0384. The summed E-state index contributed by atoms with van der Waals surface area (Å²) < 4.78 is 21.4. The lowest BCUT2D eigenvalue weighted by molar-refractivity contribution is -0.385. The minimum absolute atomic E-state index is 0.0581. The zero-order chi connectivity index (χ0) is 21.7. The first kappa shape index (κ1) is 20.8. The predicted molar refractivity (Wildman–Crippen MR) is 104 cm³/mol. The Labute approximate surface area is 171 Å². The van der Waals surface area contributed by atoms with Crippen LogP contribution in [-0.4, -0.2) is 34.8 Å². The van der Waals surface area contributed by atoms with E-state index in [0.717, 1.165) is 6.07 Å². The van der Waals surface area contributed by atoms with Crippen LogP contribution < -0.4 is 9.47 Å². The molecule has 1 heterocycles. The largest absolute Gasteiger partial charge is 0.493 e. The van der Waals surface area contributed by atoms with Crippen LogP contribution in [0.25, 0.3) is 11.5 Å². The number of methoxy groups -OCH3 is 1. The fourth-order valence-corrected chi connectivity index (χ4v) is 2.66. The molecule has 0 N–H and O–H groups in total. The van der Waals surface area contributed by atoms with Gasteiger partial charge in [0.1, 0.15) is 5.56 Å². The van der Waals surface area contributed by atoms with Crippen molar-refractivity contribution in [3.8, 4) is 23.0 Å². The van der Waals surface area contributed by atoms with Crippen molar-refractivity contribution in [2.24, 2.45) is 0 Å². The number of rotatable bonds is 8. The molecule has 156 valence electrons. The first-order chi connectivity index (χ1) is 14.4. The van der Waals surface area contributed by atoms with Crippen molar-refractivity contribution in [2.75, 3.05) is 13.7 Å². The normalized spacial score (nSPS) is 11.6. The van der Waals surface area contributed by atoms with Gasteiger partial charge in [0.2, 0.25) is 5.89 Å². The van der Waals surface area contributed by atoms with E-state index in [4.69, 9.17) is 18.6 Å². The van der Waals surface area contributed by atoms with Crippen molar-refractivity contribution in [2.45, 2.75) is 20.0 Å². The van der Waals surface area contributed by atoms with Crippen LogP contribution in [0.1, 0.15) is 36.2 Å². The number of nitrogens with zero attached hydrogens (tertiary/aromatic N) is 3. The number of aromatic nitrogens is 2. The molecule has 0 aliphatic heterocycles. The van der Waals surface area contributed by atoms with E-state index in [1.54, 1.807) is 19.1 Å². The van der Waals surface area contributed by atoms with Crippen molar-refractivity contribution < 1.29 is 28.3 Å². The number of benzene rings is 2. The van der Waals surface area contributed by atoms with Gasteiger partial charge in [-0.3, -0.25) is 10.1 Å². The second-order valence-electron chi connectivity index (χ2n) is 6.07. The Kier molecular flexibility index (Phi) is 6.26. The maximum atomic E-state index is 12.7. The maximum absolute atomic E-state index is 12.7. The monoisotopic (exact) mass is 413 g/mol. The molecule has 3 rings (SSSR count). The number of carbonyl (C=O) groups is 1. The molecule has 0 amide bonds. The van der Waals surface area contributed by atoms with E-state index in [2.05, 4.69) is 10.2 Å². The Balaban J connectivity index is 1.85. The molecule has 0 aliphatic rings. The van der Waals surface area contributed by atoms with Crippen molar-refractivity contribution in [3.63, 3.8) is 0 Å². The van der Waals surface area contributed by atoms with E-state index >= 15 is 0 Å². The molecule has 10 heteroatoms. The molecule has 3 aromatic rings. The molecule has 1 atom stereocenters. The second-order valence-corrected chi connectivity index (χ2v) is 6.07. The lowest BCUT2D eigenvalue weighted by atomic mass is 10.1. The van der Waals surface area contributed by atoms with Gasteiger partial charge < -0.3 is 18.6 Å². The summed E-state index contributed by atoms with van der Waals surface area (Å²) in [6.07, 6.45) is -0.931. The number of esters is 1. The summed E-state index contributed by atoms with van der Waals surface area (Å²) in [5.74, 6) is -0.285. The van der Waals surface area contributed by atoms with Crippen molar-refractivity contribution in [3.05, 3.63) is 64.0 Å². The summed E-state index contributed by atoms with van der Waals surface area (Å²) >= 11 is 0. The van der Waals surface area contributed by atoms with Crippen LogP contribution in [0.5, 0.6) is 11.5 Å². The number of nitro benzene ring substituents is 1. The lowest BCUT2D eigenvalue weighted by Crippen LogP contribution is -2.12. The number of hydrogen-bond donors (Lipinski definition) is 0. The molecule has 0 saturated carbocycles. The second kappa shape index (κ2) is 9.03. The smallest absolute Gasteiger partial charge is 0.346 e. The summed E-state index contributed by atoms with van der Waals surface area (Å²) in [7, 11) is 1.37. The maximum Gasteiger partial charge on any atom is 0.346 e. The Morgan fingerprint density at radius 2 is 1.93 bits per heavy atom. The molecule has 0 radical (unpaired) electrons. The third-order valence-electron chi connectivity index (χ3n) is 4.09. The van der Waals surface area contributed by atoms with Gasteiger partial charge in [0, 0.05) is 11.6 Å². The van der Waals surface area contributed by atoms with Gasteiger partial charge in [0.25, 0.3) is 11.6 Å². The van der Waals surface area contributed by atoms with Gasteiger partial charge in [-0.25, -0.2) is 4.79 Å². The van der Waals surface area contributed by atoms with E-state index in [-0.39, 0.29) is 35.5 Å². The molecule has 2 aromatic carbocycles. The third-order valence-corrected chi connectivity index (χ3v) is 4.09. The van der Waals surface area contributed by atoms with Crippen LogP contribution >= 0.6 is 0 Å². The van der Waals surface area contributed by atoms with E-state index in [1.165, 1.54) is 20.1 Å². The predicted octanol–water partition coefficient (Wildman–Crippen LogP) is 3.97. The van der Waals surface area contributed by atoms with Crippen molar-refractivity contribution in [1.82, 2.24) is 10.2 Å². The minimum Gasteiger partial charge on any atom is -0.493 e. The number of carbonyl (C=O) groups excluding carboxylic acids is 1. The van der Waals surface area contributed by atoms with Crippen LogP contribution in [0.4, 0.5) is 5.69 Å². The average molecular weight is 413 g/mol. The first-order valence-electron chi connectivity index (χ1n) is 9.03. The fourth-order valence-electron chi connectivity index (χ4n) is 2.66. The number of ether oxygens (including phenoxy) is 3. The summed E-state index contributed by atoms with van der Waals surface area (Å²) in [5, 5.41) is 19.3. The molecule has 0 saturated heterocycles. The van der Waals surface area contributed by atoms with Gasteiger partial charge >= 0.3 is 5.97 Å². The topological polar surface area (TPSA) is 127 Å². The van der Waals surface area contributed by atoms with Gasteiger partial charge in [0.15, 0.2) is 17.6 Å². The highest BCUT2D eigenvalue weighted by Crippen LogP contribution is 2.36. The SMILES string of the molecule is CCOc1cc([N+](=O)[O-])c(C(=O)O[C@H](C)c2nnc(-c3ccccc3)o2)cc1OC. The lowest BCUT2D eigenvalue weighted by Gasteiger charge is -2.13. The van der Waals surface area contributed by atoms with Gasteiger partial charge in [-0.15, -0.1) is 10.2 Å². The van der Waals surface area contributed by atoms with Gasteiger partial charge in [-0.05, 0) is 26.0 Å². The van der Waals surface area contributed by atoms with Crippen LogP contribution in [0, 0.1) is 10.1 Å².